The Morgan fingerprint density at radius 2 is 1.55 bits per heavy atom. The van der Waals surface area contributed by atoms with E-state index in [2.05, 4.69) is 0 Å². The minimum Gasteiger partial charge on any atom is -0.490 e. The number of nitrogens with zero attached hydrogens (tertiary/aromatic N) is 2. The van der Waals surface area contributed by atoms with Crippen molar-refractivity contribution in [3.05, 3.63) is 135 Å². The average molecular weight is 549 g/mol. The van der Waals surface area contributed by atoms with E-state index in [1.54, 1.807) is 28.7 Å². The maximum atomic E-state index is 14.1. The summed E-state index contributed by atoms with van der Waals surface area (Å²) in [6.45, 7) is 2.40. The molecule has 2 heterocycles. The van der Waals surface area contributed by atoms with Crippen LogP contribution in [0, 0.1) is 5.82 Å². The molecule has 0 aliphatic heterocycles. The smallest absolute Gasteiger partial charge is 0.274 e. The largest absolute Gasteiger partial charge is 0.490 e. The fourth-order valence-electron chi connectivity index (χ4n) is 4.58. The highest BCUT2D eigenvalue weighted by molar-refractivity contribution is 7.15. The third kappa shape index (κ3) is 4.99. The molecule has 0 spiro atoms. The molecule has 198 valence electrons. The zero-order chi connectivity index (χ0) is 27.5. The molecular weight excluding hydrogens is 523 g/mol. The lowest BCUT2D eigenvalue weighted by Crippen LogP contribution is -2.23. The molecule has 0 aliphatic carbocycles. The van der Waals surface area contributed by atoms with Crippen LogP contribution in [-0.2, 0) is 6.61 Å². The second-order valence-corrected chi connectivity index (χ2v) is 10.1. The Morgan fingerprint density at radius 1 is 0.850 bits per heavy atom. The highest BCUT2D eigenvalue weighted by Crippen LogP contribution is 2.33. The molecule has 6 aromatic rings. The van der Waals surface area contributed by atoms with E-state index in [9.17, 15) is 9.18 Å². The zero-order valence-electron chi connectivity index (χ0n) is 21.7. The van der Waals surface area contributed by atoms with Crippen LogP contribution in [-0.4, -0.2) is 16.0 Å². The van der Waals surface area contributed by atoms with Crippen molar-refractivity contribution in [2.45, 2.75) is 13.5 Å². The third-order valence-electron chi connectivity index (χ3n) is 6.46. The van der Waals surface area contributed by atoms with E-state index in [1.807, 2.05) is 85.8 Å². The van der Waals surface area contributed by atoms with Gasteiger partial charge >= 0.3 is 0 Å². The number of imidazole rings is 1. The van der Waals surface area contributed by atoms with Crippen molar-refractivity contribution in [1.29, 1.82) is 0 Å². The first-order valence-corrected chi connectivity index (χ1v) is 13.7. The normalized spacial score (nSPS) is 11.7. The van der Waals surface area contributed by atoms with Crippen molar-refractivity contribution in [2.75, 3.05) is 6.61 Å². The zero-order valence-corrected chi connectivity index (χ0v) is 22.5. The highest BCUT2D eigenvalue weighted by Gasteiger charge is 2.20. The Hall–Kier alpha value is -4.75. The van der Waals surface area contributed by atoms with Crippen LogP contribution in [0.2, 0.25) is 0 Å². The molecule has 0 radical (unpaired) electrons. The monoisotopic (exact) mass is 548 g/mol. The van der Waals surface area contributed by atoms with Crippen LogP contribution in [0.25, 0.3) is 33.6 Å². The summed E-state index contributed by atoms with van der Waals surface area (Å²) in [5, 5.41) is 0. The lowest BCUT2D eigenvalue weighted by Gasteiger charge is -2.13. The standard InChI is InChI=1S/C33H25FN2O3S/c1-2-38-28-19-22(17-18-27(28)39-21-25-15-9-10-16-26(25)34)20-29-32(37)36-31(24-13-7-4-8-14-24)30(35-33(36)40-29)23-11-5-3-6-12-23/h3-20H,2,21H2,1H3/b29-20+. The fraction of sp³-hybridized carbons (Fsp3) is 0.0909. The summed E-state index contributed by atoms with van der Waals surface area (Å²) in [5.41, 5.74) is 4.54. The molecule has 0 saturated heterocycles. The van der Waals surface area contributed by atoms with Crippen molar-refractivity contribution < 1.29 is 13.9 Å². The molecular formula is C33H25FN2O3S. The van der Waals surface area contributed by atoms with E-state index < -0.39 is 0 Å². The van der Waals surface area contributed by atoms with Crippen LogP contribution in [0.3, 0.4) is 0 Å². The Bertz CT molecular complexity index is 1900. The van der Waals surface area contributed by atoms with Gasteiger partial charge in [0, 0.05) is 16.7 Å². The molecule has 0 fully saturated rings. The number of aromatic nitrogens is 2. The number of rotatable bonds is 8. The van der Waals surface area contributed by atoms with Gasteiger partial charge in [-0.1, -0.05) is 96.3 Å². The highest BCUT2D eigenvalue weighted by atomic mass is 32.1. The first kappa shape index (κ1) is 25.5. The summed E-state index contributed by atoms with van der Waals surface area (Å²) in [6.07, 6.45) is 1.84. The summed E-state index contributed by atoms with van der Waals surface area (Å²) >= 11 is 1.35. The fourth-order valence-corrected chi connectivity index (χ4v) is 5.56. The quantitative estimate of drug-likeness (QED) is 0.211. The van der Waals surface area contributed by atoms with E-state index in [4.69, 9.17) is 14.5 Å². The van der Waals surface area contributed by atoms with Gasteiger partial charge < -0.3 is 9.47 Å². The molecule has 0 unspecified atom stereocenters. The van der Waals surface area contributed by atoms with Gasteiger partial charge in [-0.05, 0) is 36.8 Å². The van der Waals surface area contributed by atoms with Gasteiger partial charge in [0.2, 0.25) is 0 Å². The summed E-state index contributed by atoms with van der Waals surface area (Å²) in [5.74, 6) is 0.712. The van der Waals surface area contributed by atoms with Gasteiger partial charge in [-0.3, -0.25) is 4.79 Å². The molecule has 0 amide bonds. The van der Waals surface area contributed by atoms with Gasteiger partial charge in [-0.15, -0.1) is 0 Å². The molecule has 7 heteroatoms. The van der Waals surface area contributed by atoms with E-state index >= 15 is 0 Å². The van der Waals surface area contributed by atoms with Crippen LogP contribution >= 0.6 is 11.3 Å². The van der Waals surface area contributed by atoms with Crippen molar-refractivity contribution in [2.24, 2.45) is 0 Å². The Labute approximate surface area is 234 Å². The Morgan fingerprint density at radius 3 is 2.27 bits per heavy atom. The number of benzene rings is 4. The molecule has 5 nitrogen and oxygen atoms in total. The lowest BCUT2D eigenvalue weighted by molar-refractivity contribution is 0.266. The summed E-state index contributed by atoms with van der Waals surface area (Å²) in [6, 6.07) is 31.7. The van der Waals surface area contributed by atoms with Gasteiger partial charge in [-0.2, -0.15) is 0 Å². The molecule has 40 heavy (non-hydrogen) atoms. The van der Waals surface area contributed by atoms with Gasteiger partial charge in [0.05, 0.1) is 22.5 Å². The molecule has 2 aromatic heterocycles. The maximum absolute atomic E-state index is 14.1. The molecule has 0 saturated carbocycles. The van der Waals surface area contributed by atoms with Crippen LogP contribution in [0.15, 0.2) is 108 Å². The molecule has 0 N–H and O–H groups in total. The van der Waals surface area contributed by atoms with Gasteiger partial charge in [0.25, 0.3) is 5.56 Å². The molecule has 0 bridgehead atoms. The average Bonchev–Trinajstić information content (AvgIpc) is 3.50. The number of fused-ring (bicyclic) bond motifs is 1. The van der Waals surface area contributed by atoms with Crippen molar-refractivity contribution in [3.8, 4) is 34.0 Å². The van der Waals surface area contributed by atoms with E-state index in [0.29, 0.717) is 33.2 Å². The van der Waals surface area contributed by atoms with E-state index in [-0.39, 0.29) is 18.0 Å². The predicted octanol–water partition coefficient (Wildman–Crippen LogP) is 6.75. The summed E-state index contributed by atoms with van der Waals surface area (Å²) in [7, 11) is 0. The lowest BCUT2D eigenvalue weighted by atomic mass is 10.1. The van der Waals surface area contributed by atoms with E-state index in [0.717, 1.165) is 28.1 Å². The first-order valence-electron chi connectivity index (χ1n) is 12.9. The van der Waals surface area contributed by atoms with Gasteiger partial charge in [0.1, 0.15) is 12.4 Å². The summed E-state index contributed by atoms with van der Waals surface area (Å²) < 4.78 is 28.0. The molecule has 6 rings (SSSR count). The summed E-state index contributed by atoms with van der Waals surface area (Å²) in [4.78, 5) is 19.3. The minimum atomic E-state index is -0.318. The second-order valence-electron chi connectivity index (χ2n) is 9.09. The van der Waals surface area contributed by atoms with Gasteiger partial charge in [-0.25, -0.2) is 13.8 Å². The topological polar surface area (TPSA) is 52.8 Å². The first-order chi connectivity index (χ1) is 19.6. The number of halogens is 1. The third-order valence-corrected chi connectivity index (χ3v) is 7.43. The van der Waals surface area contributed by atoms with E-state index in [1.165, 1.54) is 17.4 Å². The number of hydrogen-bond donors (Lipinski definition) is 0. The van der Waals surface area contributed by atoms with Crippen molar-refractivity contribution >= 4 is 22.4 Å². The van der Waals surface area contributed by atoms with Crippen LogP contribution in [0.1, 0.15) is 18.1 Å². The van der Waals surface area contributed by atoms with Crippen molar-refractivity contribution in [1.82, 2.24) is 9.38 Å². The van der Waals surface area contributed by atoms with Crippen molar-refractivity contribution in [3.63, 3.8) is 0 Å². The van der Waals surface area contributed by atoms with Crippen LogP contribution < -0.4 is 19.6 Å². The Kier molecular flexibility index (Phi) is 7.12. The SMILES string of the molecule is CCOc1cc(/C=c2/sc3nc(-c4ccccc4)c(-c4ccccc4)n3c2=O)ccc1OCc1ccccc1F. The van der Waals surface area contributed by atoms with Gasteiger partial charge in [0.15, 0.2) is 16.5 Å². The number of thiazole rings is 1. The maximum Gasteiger partial charge on any atom is 0.274 e. The number of ether oxygens (including phenoxy) is 2. The molecule has 0 atom stereocenters. The Balaban J connectivity index is 1.41. The minimum absolute atomic E-state index is 0.0780. The van der Waals surface area contributed by atoms with Crippen LogP contribution in [0.5, 0.6) is 11.5 Å². The molecule has 0 aliphatic rings. The predicted molar refractivity (Wildman–Crippen MR) is 157 cm³/mol. The van der Waals surface area contributed by atoms with Crippen LogP contribution in [0.4, 0.5) is 4.39 Å². The number of hydrogen-bond acceptors (Lipinski definition) is 5. The second kappa shape index (κ2) is 11.2. The molecule has 4 aromatic carbocycles.